The molecule has 4 heteroatoms. The van der Waals surface area contributed by atoms with Gasteiger partial charge in [-0.2, -0.15) is 5.10 Å². The molecule has 3 N–H and O–H groups in total. The molecule has 0 spiro atoms. The van der Waals surface area contributed by atoms with Gasteiger partial charge in [-0.05, 0) is 23.8 Å². The minimum absolute atomic E-state index is 0.228. The van der Waals surface area contributed by atoms with Gasteiger partial charge in [0.05, 0.1) is 17.4 Å². The van der Waals surface area contributed by atoms with Gasteiger partial charge >= 0.3 is 0 Å². The smallest absolute Gasteiger partial charge is 0.117 e. The molecule has 0 bridgehead atoms. The Balaban J connectivity index is 2.22. The van der Waals surface area contributed by atoms with Gasteiger partial charge in [0.25, 0.3) is 0 Å². The van der Waals surface area contributed by atoms with E-state index in [-0.39, 0.29) is 5.75 Å². The highest BCUT2D eigenvalue weighted by atomic mass is 16.3. The Bertz CT molecular complexity index is 703. The Morgan fingerprint density at radius 3 is 2.83 bits per heavy atom. The van der Waals surface area contributed by atoms with Crippen molar-refractivity contribution in [1.82, 2.24) is 9.78 Å². The molecule has 0 atom stereocenters. The van der Waals surface area contributed by atoms with Crippen LogP contribution >= 0.6 is 0 Å². The number of rotatable bonds is 2. The van der Waals surface area contributed by atoms with E-state index in [1.807, 2.05) is 24.3 Å². The van der Waals surface area contributed by atoms with E-state index >= 15 is 0 Å². The van der Waals surface area contributed by atoms with Crippen LogP contribution in [0, 0.1) is 0 Å². The van der Waals surface area contributed by atoms with Crippen molar-refractivity contribution < 1.29 is 5.11 Å². The zero-order chi connectivity index (χ0) is 12.5. The quantitative estimate of drug-likeness (QED) is 0.720. The van der Waals surface area contributed by atoms with Crippen LogP contribution in [0.25, 0.3) is 16.6 Å². The Morgan fingerprint density at radius 1 is 1.17 bits per heavy atom. The van der Waals surface area contributed by atoms with E-state index in [0.29, 0.717) is 6.54 Å². The number of phenols is 1. The first-order chi connectivity index (χ1) is 8.78. The van der Waals surface area contributed by atoms with E-state index in [1.54, 1.807) is 29.1 Å². The second-order valence-corrected chi connectivity index (χ2v) is 4.17. The van der Waals surface area contributed by atoms with Gasteiger partial charge in [0.1, 0.15) is 5.75 Å². The molecule has 0 amide bonds. The Morgan fingerprint density at radius 2 is 2.06 bits per heavy atom. The Labute approximate surface area is 104 Å². The number of hydrogen-bond acceptors (Lipinski definition) is 3. The number of aromatic hydroxyl groups is 1. The summed E-state index contributed by atoms with van der Waals surface area (Å²) >= 11 is 0. The molecule has 90 valence electrons. The SMILES string of the molecule is NCc1ccc2cnn(-c3cccc(O)c3)c2c1. The van der Waals surface area contributed by atoms with Gasteiger partial charge < -0.3 is 10.8 Å². The highest BCUT2D eigenvalue weighted by molar-refractivity contribution is 5.81. The monoisotopic (exact) mass is 239 g/mol. The lowest BCUT2D eigenvalue weighted by Crippen LogP contribution is -1.98. The van der Waals surface area contributed by atoms with Crippen molar-refractivity contribution in [3.63, 3.8) is 0 Å². The predicted molar refractivity (Wildman–Crippen MR) is 70.6 cm³/mol. The minimum atomic E-state index is 0.228. The van der Waals surface area contributed by atoms with E-state index in [4.69, 9.17) is 5.73 Å². The summed E-state index contributed by atoms with van der Waals surface area (Å²) < 4.78 is 1.80. The molecule has 0 aliphatic carbocycles. The summed E-state index contributed by atoms with van der Waals surface area (Å²) in [5, 5.41) is 14.9. The van der Waals surface area contributed by atoms with Gasteiger partial charge in [-0.3, -0.25) is 0 Å². The van der Waals surface area contributed by atoms with Crippen LogP contribution in [0.4, 0.5) is 0 Å². The highest BCUT2D eigenvalue weighted by Gasteiger charge is 2.05. The lowest BCUT2D eigenvalue weighted by Gasteiger charge is -2.05. The molecule has 3 rings (SSSR count). The fraction of sp³-hybridized carbons (Fsp3) is 0.0714. The summed E-state index contributed by atoms with van der Waals surface area (Å²) in [5.41, 5.74) is 8.53. The maximum absolute atomic E-state index is 9.52. The van der Waals surface area contributed by atoms with Crippen LogP contribution in [0.5, 0.6) is 5.75 Å². The van der Waals surface area contributed by atoms with Crippen molar-refractivity contribution in [2.45, 2.75) is 6.54 Å². The number of nitrogens with zero attached hydrogens (tertiary/aromatic N) is 2. The molecule has 2 aromatic carbocycles. The summed E-state index contributed by atoms with van der Waals surface area (Å²) in [7, 11) is 0. The van der Waals surface area contributed by atoms with E-state index in [9.17, 15) is 5.11 Å². The van der Waals surface area contributed by atoms with Crippen LogP contribution in [0.3, 0.4) is 0 Å². The molecule has 0 aliphatic heterocycles. The molecule has 1 aromatic heterocycles. The van der Waals surface area contributed by atoms with E-state index in [0.717, 1.165) is 22.2 Å². The molecule has 0 aliphatic rings. The van der Waals surface area contributed by atoms with E-state index in [1.165, 1.54) is 0 Å². The zero-order valence-corrected chi connectivity index (χ0v) is 9.74. The van der Waals surface area contributed by atoms with Crippen LogP contribution in [0.1, 0.15) is 5.56 Å². The van der Waals surface area contributed by atoms with Crippen molar-refractivity contribution >= 4 is 10.9 Å². The number of fused-ring (bicyclic) bond motifs is 1. The fourth-order valence-corrected chi connectivity index (χ4v) is 2.02. The molecule has 0 saturated carbocycles. The molecule has 0 radical (unpaired) electrons. The molecule has 18 heavy (non-hydrogen) atoms. The van der Waals surface area contributed by atoms with Gasteiger partial charge in [-0.1, -0.05) is 18.2 Å². The first kappa shape index (κ1) is 10.8. The highest BCUT2D eigenvalue weighted by Crippen LogP contribution is 2.21. The average molecular weight is 239 g/mol. The number of phenolic OH excluding ortho intramolecular Hbond substituents is 1. The van der Waals surface area contributed by atoms with Gasteiger partial charge in [0.15, 0.2) is 0 Å². The van der Waals surface area contributed by atoms with Crippen molar-refractivity contribution in [3.8, 4) is 11.4 Å². The number of nitrogens with two attached hydrogens (primary N) is 1. The van der Waals surface area contributed by atoms with Crippen LogP contribution in [0.15, 0.2) is 48.7 Å². The average Bonchev–Trinajstić information content (AvgIpc) is 2.81. The lowest BCUT2D eigenvalue weighted by atomic mass is 10.1. The molecule has 0 fully saturated rings. The molecular weight excluding hydrogens is 226 g/mol. The third kappa shape index (κ3) is 1.72. The van der Waals surface area contributed by atoms with Gasteiger partial charge in [0.2, 0.25) is 0 Å². The first-order valence-corrected chi connectivity index (χ1v) is 5.74. The maximum Gasteiger partial charge on any atom is 0.117 e. The van der Waals surface area contributed by atoms with Crippen LogP contribution < -0.4 is 5.73 Å². The summed E-state index contributed by atoms with van der Waals surface area (Å²) in [5.74, 6) is 0.228. The standard InChI is InChI=1S/C14H13N3O/c15-8-10-4-5-11-9-16-17(14(11)6-10)12-2-1-3-13(18)7-12/h1-7,9,18H,8,15H2. The minimum Gasteiger partial charge on any atom is -0.508 e. The van der Waals surface area contributed by atoms with Gasteiger partial charge in [-0.25, -0.2) is 4.68 Å². The summed E-state index contributed by atoms with van der Waals surface area (Å²) in [6, 6.07) is 13.0. The van der Waals surface area contributed by atoms with Crippen molar-refractivity contribution in [3.05, 3.63) is 54.2 Å². The van der Waals surface area contributed by atoms with Gasteiger partial charge in [-0.15, -0.1) is 0 Å². The topological polar surface area (TPSA) is 64.1 Å². The number of aromatic nitrogens is 2. The van der Waals surface area contributed by atoms with Crippen molar-refractivity contribution in [1.29, 1.82) is 0 Å². The first-order valence-electron chi connectivity index (χ1n) is 5.74. The molecular formula is C14H13N3O. The summed E-state index contributed by atoms with van der Waals surface area (Å²) in [6.07, 6.45) is 1.81. The van der Waals surface area contributed by atoms with Gasteiger partial charge in [0, 0.05) is 18.0 Å². The van der Waals surface area contributed by atoms with E-state index in [2.05, 4.69) is 5.10 Å². The van der Waals surface area contributed by atoms with E-state index < -0.39 is 0 Å². The number of hydrogen-bond donors (Lipinski definition) is 2. The molecule has 0 unspecified atom stereocenters. The second-order valence-electron chi connectivity index (χ2n) is 4.17. The third-order valence-electron chi connectivity index (χ3n) is 2.95. The normalized spacial score (nSPS) is 10.9. The molecule has 0 saturated heterocycles. The van der Waals surface area contributed by atoms with Crippen molar-refractivity contribution in [2.75, 3.05) is 0 Å². The Kier molecular flexibility index (Phi) is 2.50. The fourth-order valence-electron chi connectivity index (χ4n) is 2.02. The third-order valence-corrected chi connectivity index (χ3v) is 2.95. The summed E-state index contributed by atoms with van der Waals surface area (Å²) in [4.78, 5) is 0. The summed E-state index contributed by atoms with van der Waals surface area (Å²) in [6.45, 7) is 0.501. The maximum atomic E-state index is 9.52. The molecule has 3 aromatic rings. The molecule has 4 nitrogen and oxygen atoms in total. The predicted octanol–water partition coefficient (Wildman–Crippen LogP) is 2.19. The molecule has 1 heterocycles. The van der Waals surface area contributed by atoms with Crippen molar-refractivity contribution in [2.24, 2.45) is 5.73 Å². The van der Waals surface area contributed by atoms with Crippen LogP contribution in [0.2, 0.25) is 0 Å². The second kappa shape index (κ2) is 4.16. The lowest BCUT2D eigenvalue weighted by molar-refractivity contribution is 0.475. The van der Waals surface area contributed by atoms with Crippen LogP contribution in [-0.4, -0.2) is 14.9 Å². The number of benzene rings is 2. The Hall–Kier alpha value is -2.33. The zero-order valence-electron chi connectivity index (χ0n) is 9.74. The largest absolute Gasteiger partial charge is 0.508 e. The van der Waals surface area contributed by atoms with Crippen LogP contribution in [-0.2, 0) is 6.54 Å².